The van der Waals surface area contributed by atoms with Crippen molar-refractivity contribution in [3.63, 3.8) is 0 Å². The van der Waals surface area contributed by atoms with Gasteiger partial charge in [-0.1, -0.05) is 76.9 Å². The first-order chi connectivity index (χ1) is 40.1. The second kappa shape index (κ2) is 27.5. The highest BCUT2D eigenvalue weighted by Crippen LogP contribution is 2.49. The third-order valence-corrected chi connectivity index (χ3v) is 19.0. The lowest BCUT2D eigenvalue weighted by molar-refractivity contribution is 0.0696. The van der Waals surface area contributed by atoms with E-state index in [1.54, 1.807) is 54.9 Å². The van der Waals surface area contributed by atoms with E-state index in [4.69, 9.17) is 42.9 Å². The van der Waals surface area contributed by atoms with Crippen LogP contribution >= 0.6 is 23.2 Å². The monoisotopic (exact) mass is 1250 g/mol. The Hall–Kier alpha value is -6.40. The Morgan fingerprint density at radius 1 is 0.624 bits per heavy atom. The Labute approximate surface area is 509 Å². The van der Waals surface area contributed by atoms with Crippen molar-refractivity contribution < 1.29 is 41.0 Å². The van der Waals surface area contributed by atoms with Gasteiger partial charge in [0.1, 0.15) is 21.9 Å². The summed E-state index contributed by atoms with van der Waals surface area (Å²) in [5.41, 5.74) is 1.76. The fourth-order valence-corrected chi connectivity index (χ4v) is 12.7. The number of primary sulfonamides is 1. The van der Waals surface area contributed by atoms with E-state index in [1.807, 2.05) is 4.72 Å². The number of hydrogen-bond donors (Lipinski definition) is 5. The molecule has 460 valence electrons. The van der Waals surface area contributed by atoms with Crippen molar-refractivity contribution in [1.29, 1.82) is 0 Å². The second-order valence-corrected chi connectivity index (χ2v) is 29.1. The van der Waals surface area contributed by atoms with Gasteiger partial charge in [-0.3, -0.25) is 4.79 Å². The lowest BCUT2D eigenvalue weighted by Crippen LogP contribution is -2.31. The molecule has 0 aromatic carbocycles. The number of carbonyl (C=O) groups is 2. The van der Waals surface area contributed by atoms with E-state index in [9.17, 15) is 26.4 Å². The number of nitrogens with zero attached hydrogens (tertiary/aromatic N) is 8. The summed E-state index contributed by atoms with van der Waals surface area (Å²) in [5.74, 6) is 2.18. The zero-order valence-corrected chi connectivity index (χ0v) is 52.5. The Morgan fingerprint density at radius 3 is 1.48 bits per heavy atom. The summed E-state index contributed by atoms with van der Waals surface area (Å²) in [6.07, 6.45) is 22.4. The number of sulfonamides is 2. The number of carboxylic acid groups (broad SMARTS) is 1. The van der Waals surface area contributed by atoms with Crippen molar-refractivity contribution in [1.82, 2.24) is 44.2 Å². The van der Waals surface area contributed by atoms with Crippen LogP contribution in [-0.4, -0.2) is 99.6 Å². The first kappa shape index (κ1) is 64.6. The first-order valence-electron chi connectivity index (χ1n) is 29.1. The van der Waals surface area contributed by atoms with Gasteiger partial charge in [0.05, 0.1) is 24.3 Å². The van der Waals surface area contributed by atoms with Crippen molar-refractivity contribution in [2.75, 3.05) is 36.9 Å². The van der Waals surface area contributed by atoms with Gasteiger partial charge in [0.2, 0.25) is 11.8 Å². The molecule has 1 amide bonds. The third-order valence-electron chi connectivity index (χ3n) is 16.4. The molecule has 0 bridgehead atoms. The van der Waals surface area contributed by atoms with E-state index < -0.39 is 31.9 Å². The van der Waals surface area contributed by atoms with Crippen LogP contribution in [0.25, 0.3) is 11.6 Å². The summed E-state index contributed by atoms with van der Waals surface area (Å²) in [5, 5.41) is 28.5. The van der Waals surface area contributed by atoms with Gasteiger partial charge in [-0.2, -0.15) is 8.42 Å². The summed E-state index contributed by atoms with van der Waals surface area (Å²) in [6, 6.07) is 18.8. The van der Waals surface area contributed by atoms with Gasteiger partial charge < -0.3 is 25.2 Å². The Morgan fingerprint density at radius 2 is 1.07 bits per heavy atom. The van der Waals surface area contributed by atoms with E-state index >= 15 is 0 Å². The van der Waals surface area contributed by atoms with Crippen LogP contribution < -0.4 is 30.0 Å². The molecular weight excluding hydrogens is 1170 g/mol. The van der Waals surface area contributed by atoms with E-state index in [2.05, 4.69) is 82.3 Å². The number of nitrogens with two attached hydrogens (primary N) is 1. The molecule has 4 fully saturated rings. The number of aromatic nitrogens is 8. The summed E-state index contributed by atoms with van der Waals surface area (Å²) in [7, 11) is -7.98. The van der Waals surface area contributed by atoms with E-state index in [0.717, 1.165) is 44.6 Å². The third kappa shape index (κ3) is 19.6. The largest absolute Gasteiger partial charge is 0.478 e. The molecule has 25 heteroatoms. The van der Waals surface area contributed by atoms with Crippen LogP contribution in [0, 0.1) is 33.5 Å². The van der Waals surface area contributed by atoms with Crippen LogP contribution in [0.5, 0.6) is 11.8 Å². The molecule has 85 heavy (non-hydrogen) atoms. The number of amides is 1. The Kier molecular flexibility index (Phi) is 20.9. The lowest BCUT2D eigenvalue weighted by atomic mass is 9.90. The highest BCUT2D eigenvalue weighted by atomic mass is 35.5. The molecule has 0 spiro atoms. The average molecular weight is 1250 g/mol. The van der Waals surface area contributed by atoms with Crippen molar-refractivity contribution in [2.24, 2.45) is 38.6 Å². The number of nitrogens with one attached hydrogen (secondary N) is 3. The fraction of sp³-hybridized carbons (Fsp3) is 0.533. The highest BCUT2D eigenvalue weighted by Gasteiger charge is 2.37. The number of hydrogen-bond acceptors (Lipinski definition) is 16. The van der Waals surface area contributed by atoms with Crippen LogP contribution in [0.15, 0.2) is 95.2 Å². The first-order valence-corrected chi connectivity index (χ1v) is 32.9. The number of pyridine rings is 4. The molecule has 4 saturated carbocycles. The molecule has 6 heterocycles. The van der Waals surface area contributed by atoms with E-state index in [0.29, 0.717) is 82.4 Å². The number of ether oxygens (including phenoxy) is 2. The molecular formula is C60H80Cl2N12O9S2. The van der Waals surface area contributed by atoms with Gasteiger partial charge in [-0.05, 0) is 185 Å². The topological polar surface area (TPSA) is 290 Å². The quantitative estimate of drug-likeness (QED) is 0.0263. The predicted molar refractivity (Wildman–Crippen MR) is 327 cm³/mol. The average Bonchev–Trinajstić information content (AvgIpc) is 4.24. The smallest absolute Gasteiger partial charge is 0.338 e. The molecule has 2 unspecified atom stereocenters. The molecule has 4 aliphatic carbocycles. The van der Waals surface area contributed by atoms with Gasteiger partial charge in [-0.25, -0.2) is 52.4 Å². The van der Waals surface area contributed by atoms with Crippen molar-refractivity contribution >= 4 is 66.8 Å². The lowest BCUT2D eigenvalue weighted by Gasteiger charge is -2.17. The van der Waals surface area contributed by atoms with Gasteiger partial charge in [0.25, 0.3) is 26.0 Å². The van der Waals surface area contributed by atoms with Crippen LogP contribution in [0.1, 0.15) is 165 Å². The summed E-state index contributed by atoms with van der Waals surface area (Å²) < 4.78 is 64.8. The molecule has 0 aliphatic heterocycles. The molecule has 0 saturated heterocycles. The van der Waals surface area contributed by atoms with Crippen LogP contribution in [0.2, 0.25) is 10.3 Å². The summed E-state index contributed by atoms with van der Waals surface area (Å²) >= 11 is 12.2. The molecule has 4 aliphatic rings. The van der Waals surface area contributed by atoms with E-state index in [-0.39, 0.29) is 31.5 Å². The molecule has 0 radical (unpaired) electrons. The van der Waals surface area contributed by atoms with Crippen molar-refractivity contribution in [2.45, 2.75) is 154 Å². The molecule has 6 aromatic rings. The molecule has 6 aromatic heterocycles. The maximum atomic E-state index is 13.0. The predicted octanol–water partition coefficient (Wildman–Crippen LogP) is 12.0. The number of rotatable bonds is 25. The maximum Gasteiger partial charge on any atom is 0.338 e. The number of carboxylic acids is 1. The molecule has 10 rings (SSSR count). The van der Waals surface area contributed by atoms with Gasteiger partial charge in [0.15, 0.2) is 21.7 Å². The standard InChI is InChI=1S/C30H39ClN6O4S.C16H18ClN3O3.C14H23N3O2S/c1-29(2)14-10-21(20-29)11-17-32-23-6-4-7-26(33-23)42(39,40)36-28(38)22-8-9-24(34-27(22)31)37-18-12-25(35-37)41-19-5-13-30(3)15-16-30;1-16(7-8-16)6-2-10-23-13-5-9-20(19-13)12-4-3-11(15(21)22)14(17)18-12;1-14(2)8-6-11(10-14)7-9-16-12-4-3-5-13(17-12)20(15,18)19/h4,6-9,12,18,21H,5,10-11,13-17,19-20H2,1-3H3,(H,32,33)(H,36,38);3-5,9H,2,6-8,10H2,1H3,(H,21,22);3-5,11H,6-10H2,1-2H3,(H,16,17)(H2,15,18,19). The number of halogens is 2. The SMILES string of the molecule is CC1(C)CCC(CCNc2cccc(S(=O)(=O)NC(=O)c3ccc(-n4ccc(OCCCC5(C)CC5)n4)nc3Cl)n2)C1.CC1(C)CCC(CCNc2cccc(S(N)(=O)=O)n2)C1.CC1(CCCOc2ccn(-c3ccc(C(=O)O)c(Cl)n3)n2)CC1. The van der Waals surface area contributed by atoms with Crippen LogP contribution in [0.4, 0.5) is 11.6 Å². The van der Waals surface area contributed by atoms with Gasteiger partial charge >= 0.3 is 5.97 Å². The van der Waals surface area contributed by atoms with E-state index in [1.165, 1.54) is 110 Å². The number of aromatic carboxylic acids is 1. The minimum absolute atomic E-state index is 0.0346. The minimum atomic E-state index is -4.25. The van der Waals surface area contributed by atoms with Crippen LogP contribution in [0.3, 0.4) is 0 Å². The number of carbonyl (C=O) groups excluding carboxylic acids is 1. The summed E-state index contributed by atoms with van der Waals surface area (Å²) in [6.45, 7) is 16.5. The highest BCUT2D eigenvalue weighted by molar-refractivity contribution is 7.90. The normalized spacial score (nSPS) is 18.6. The van der Waals surface area contributed by atoms with Crippen molar-refractivity contribution in [3.05, 3.63) is 107 Å². The molecule has 2 atom stereocenters. The Bertz CT molecular complexity index is 3520. The maximum absolute atomic E-state index is 13.0. The fourth-order valence-electron chi connectivity index (χ4n) is 10.8. The zero-order chi connectivity index (χ0) is 61.2. The second-order valence-electron chi connectivity index (χ2n) is 25.2. The zero-order valence-electron chi connectivity index (χ0n) is 49.3. The Balaban J connectivity index is 0.000000184. The van der Waals surface area contributed by atoms with Gasteiger partial charge in [-0.15, -0.1) is 10.2 Å². The number of anilines is 2. The molecule has 6 N–H and O–H groups in total. The minimum Gasteiger partial charge on any atom is -0.478 e. The van der Waals surface area contributed by atoms with Gasteiger partial charge in [0, 0.05) is 37.6 Å². The summed E-state index contributed by atoms with van der Waals surface area (Å²) in [4.78, 5) is 40.3. The van der Waals surface area contributed by atoms with Crippen LogP contribution in [-0.2, 0) is 20.0 Å². The van der Waals surface area contributed by atoms with Crippen molar-refractivity contribution in [3.8, 4) is 23.4 Å². The molecule has 21 nitrogen and oxygen atoms in total.